The SMILES string of the molecule is COc1ccc2c(c1)CCC1CN(Cc3ccccc3)C(C)CC21.Cl. The van der Waals surface area contributed by atoms with Gasteiger partial charge in [0.15, 0.2) is 0 Å². The van der Waals surface area contributed by atoms with Gasteiger partial charge in [0.2, 0.25) is 0 Å². The lowest BCUT2D eigenvalue weighted by molar-refractivity contribution is 0.0839. The van der Waals surface area contributed by atoms with E-state index in [-0.39, 0.29) is 12.4 Å². The second-order valence-electron chi connectivity index (χ2n) is 7.47. The van der Waals surface area contributed by atoms with E-state index in [1.54, 1.807) is 12.7 Å². The number of fused-ring (bicyclic) bond motifs is 3. The minimum Gasteiger partial charge on any atom is -0.497 e. The molecule has 0 amide bonds. The molecule has 3 unspecified atom stereocenters. The van der Waals surface area contributed by atoms with Gasteiger partial charge in [-0.2, -0.15) is 0 Å². The Morgan fingerprint density at radius 3 is 2.68 bits per heavy atom. The van der Waals surface area contributed by atoms with E-state index in [0.29, 0.717) is 6.04 Å². The minimum atomic E-state index is 0. The van der Waals surface area contributed by atoms with E-state index < -0.39 is 0 Å². The lowest BCUT2D eigenvalue weighted by atomic mass is 9.70. The summed E-state index contributed by atoms with van der Waals surface area (Å²) in [4.78, 5) is 2.69. The molecule has 2 nitrogen and oxygen atoms in total. The zero-order valence-corrected chi connectivity index (χ0v) is 16.0. The van der Waals surface area contributed by atoms with Crippen LogP contribution >= 0.6 is 12.4 Å². The molecule has 2 aromatic carbocycles. The van der Waals surface area contributed by atoms with Crippen LogP contribution in [0.5, 0.6) is 5.75 Å². The van der Waals surface area contributed by atoms with Crippen molar-refractivity contribution in [1.29, 1.82) is 0 Å². The van der Waals surface area contributed by atoms with Crippen molar-refractivity contribution in [3.8, 4) is 5.75 Å². The first kappa shape index (κ1) is 18.3. The summed E-state index contributed by atoms with van der Waals surface area (Å²) in [6, 6.07) is 18.3. The molecule has 0 N–H and O–H groups in total. The second kappa shape index (κ2) is 7.80. The molecule has 4 rings (SSSR count). The van der Waals surface area contributed by atoms with Crippen LogP contribution in [0.1, 0.15) is 42.4 Å². The molecule has 2 aliphatic rings. The predicted molar refractivity (Wildman–Crippen MR) is 106 cm³/mol. The van der Waals surface area contributed by atoms with E-state index in [4.69, 9.17) is 4.74 Å². The molecule has 0 aromatic heterocycles. The van der Waals surface area contributed by atoms with Crippen molar-refractivity contribution in [3.63, 3.8) is 0 Å². The van der Waals surface area contributed by atoms with Gasteiger partial charge < -0.3 is 4.74 Å². The average molecular weight is 358 g/mol. The van der Waals surface area contributed by atoms with Gasteiger partial charge in [0.05, 0.1) is 7.11 Å². The molecular formula is C22H28ClNO. The lowest BCUT2D eigenvalue weighted by Crippen LogP contribution is -2.46. The molecule has 3 atom stereocenters. The maximum absolute atomic E-state index is 5.41. The van der Waals surface area contributed by atoms with Crippen molar-refractivity contribution in [2.45, 2.75) is 44.7 Å². The van der Waals surface area contributed by atoms with Crippen molar-refractivity contribution in [1.82, 2.24) is 4.90 Å². The highest BCUT2D eigenvalue weighted by Gasteiger charge is 2.37. The molecule has 134 valence electrons. The third-order valence-electron chi connectivity index (χ3n) is 6.02. The minimum absolute atomic E-state index is 0. The number of ether oxygens (including phenoxy) is 1. The van der Waals surface area contributed by atoms with Crippen LogP contribution in [-0.2, 0) is 13.0 Å². The first-order valence-electron chi connectivity index (χ1n) is 9.19. The molecule has 1 aliphatic carbocycles. The number of likely N-dealkylation sites (tertiary alicyclic amines) is 1. The van der Waals surface area contributed by atoms with Gasteiger partial charge in [0.1, 0.15) is 5.75 Å². The molecule has 1 fully saturated rings. The largest absolute Gasteiger partial charge is 0.497 e. The molecule has 0 saturated carbocycles. The van der Waals surface area contributed by atoms with Crippen LogP contribution in [0.4, 0.5) is 0 Å². The number of hydrogen-bond donors (Lipinski definition) is 0. The Balaban J connectivity index is 0.00000182. The first-order chi connectivity index (χ1) is 11.7. The normalized spacial score (nSPS) is 25.4. The Morgan fingerprint density at radius 2 is 1.92 bits per heavy atom. The highest BCUT2D eigenvalue weighted by Crippen LogP contribution is 2.44. The maximum Gasteiger partial charge on any atom is 0.119 e. The van der Waals surface area contributed by atoms with Gasteiger partial charge in [-0.1, -0.05) is 36.4 Å². The molecule has 1 aliphatic heterocycles. The summed E-state index contributed by atoms with van der Waals surface area (Å²) < 4.78 is 5.41. The Kier molecular flexibility index (Phi) is 5.71. The van der Waals surface area contributed by atoms with Gasteiger partial charge in [-0.05, 0) is 66.8 Å². The maximum atomic E-state index is 5.41. The Morgan fingerprint density at radius 1 is 1.12 bits per heavy atom. The van der Waals surface area contributed by atoms with E-state index in [9.17, 15) is 0 Å². The highest BCUT2D eigenvalue weighted by molar-refractivity contribution is 5.85. The smallest absolute Gasteiger partial charge is 0.119 e. The van der Waals surface area contributed by atoms with Crippen molar-refractivity contribution < 1.29 is 4.74 Å². The van der Waals surface area contributed by atoms with Gasteiger partial charge in [0.25, 0.3) is 0 Å². The fourth-order valence-corrected chi connectivity index (χ4v) is 4.66. The lowest BCUT2D eigenvalue weighted by Gasteiger charge is -2.46. The predicted octanol–water partition coefficient (Wildman–Crippen LogP) is 5.06. The number of nitrogens with zero attached hydrogens (tertiary/aromatic N) is 1. The fourth-order valence-electron chi connectivity index (χ4n) is 4.66. The van der Waals surface area contributed by atoms with Crippen molar-refractivity contribution in [3.05, 3.63) is 65.2 Å². The molecule has 2 aromatic rings. The molecule has 1 saturated heterocycles. The number of benzene rings is 2. The third-order valence-corrected chi connectivity index (χ3v) is 6.02. The van der Waals surface area contributed by atoms with Crippen LogP contribution in [-0.4, -0.2) is 24.6 Å². The van der Waals surface area contributed by atoms with E-state index in [1.165, 1.54) is 36.9 Å². The Bertz CT molecular complexity index is 702. The topological polar surface area (TPSA) is 12.5 Å². The Hall–Kier alpha value is -1.51. The quantitative estimate of drug-likeness (QED) is 0.761. The van der Waals surface area contributed by atoms with Crippen molar-refractivity contribution >= 4 is 12.4 Å². The van der Waals surface area contributed by atoms with Crippen LogP contribution in [0, 0.1) is 5.92 Å². The summed E-state index contributed by atoms with van der Waals surface area (Å²) in [5.74, 6) is 2.52. The van der Waals surface area contributed by atoms with Gasteiger partial charge in [-0.15, -0.1) is 12.4 Å². The summed E-state index contributed by atoms with van der Waals surface area (Å²) in [5, 5.41) is 0. The summed E-state index contributed by atoms with van der Waals surface area (Å²) in [6.45, 7) is 4.71. The van der Waals surface area contributed by atoms with Gasteiger partial charge in [0, 0.05) is 19.1 Å². The van der Waals surface area contributed by atoms with Crippen molar-refractivity contribution in [2.75, 3.05) is 13.7 Å². The van der Waals surface area contributed by atoms with Gasteiger partial charge in [-0.3, -0.25) is 4.90 Å². The van der Waals surface area contributed by atoms with Gasteiger partial charge in [-0.25, -0.2) is 0 Å². The molecule has 0 radical (unpaired) electrons. The number of aryl methyl sites for hydroxylation is 1. The van der Waals surface area contributed by atoms with E-state index in [2.05, 4.69) is 60.4 Å². The fraction of sp³-hybridized carbons (Fsp3) is 0.455. The second-order valence-corrected chi connectivity index (χ2v) is 7.47. The van der Waals surface area contributed by atoms with Crippen LogP contribution in [0.3, 0.4) is 0 Å². The summed E-state index contributed by atoms with van der Waals surface area (Å²) in [6.07, 6.45) is 3.78. The van der Waals surface area contributed by atoms with Crippen LogP contribution < -0.4 is 4.74 Å². The molecule has 1 heterocycles. The molecule has 25 heavy (non-hydrogen) atoms. The zero-order valence-electron chi connectivity index (χ0n) is 15.2. The third kappa shape index (κ3) is 3.70. The monoisotopic (exact) mass is 357 g/mol. The highest BCUT2D eigenvalue weighted by atomic mass is 35.5. The zero-order chi connectivity index (χ0) is 16.5. The number of methoxy groups -OCH3 is 1. The van der Waals surface area contributed by atoms with E-state index in [0.717, 1.165) is 24.1 Å². The standard InChI is InChI=1S/C22H27NO.ClH/c1-16-12-22-19(15-23(16)14-17-6-4-3-5-7-17)9-8-18-13-20(24-2)10-11-21(18)22;/h3-7,10-11,13,16,19,22H,8-9,12,14-15H2,1-2H3;1H. The summed E-state index contributed by atoms with van der Waals surface area (Å²) in [7, 11) is 1.76. The van der Waals surface area contributed by atoms with Gasteiger partial charge >= 0.3 is 0 Å². The van der Waals surface area contributed by atoms with Crippen LogP contribution in [0.15, 0.2) is 48.5 Å². The molecule has 0 spiro atoms. The van der Waals surface area contributed by atoms with Crippen LogP contribution in [0.2, 0.25) is 0 Å². The molecule has 3 heteroatoms. The Labute approximate surface area is 157 Å². The van der Waals surface area contributed by atoms with Crippen LogP contribution in [0.25, 0.3) is 0 Å². The number of hydrogen-bond acceptors (Lipinski definition) is 2. The number of halogens is 1. The van der Waals surface area contributed by atoms with E-state index >= 15 is 0 Å². The van der Waals surface area contributed by atoms with E-state index in [1.807, 2.05) is 0 Å². The first-order valence-corrected chi connectivity index (χ1v) is 9.19. The average Bonchev–Trinajstić information content (AvgIpc) is 2.63. The molecule has 0 bridgehead atoms. The van der Waals surface area contributed by atoms with Crippen molar-refractivity contribution in [2.24, 2.45) is 5.92 Å². The molecular weight excluding hydrogens is 330 g/mol. The number of piperidine rings is 1. The summed E-state index contributed by atoms with van der Waals surface area (Å²) >= 11 is 0. The number of rotatable bonds is 3. The summed E-state index contributed by atoms with van der Waals surface area (Å²) in [5.41, 5.74) is 4.53.